The molecule has 2 heterocycles. The number of carbonyl (C=O) groups excluding carboxylic acids is 1. The van der Waals surface area contributed by atoms with E-state index in [0.29, 0.717) is 29.9 Å². The maximum absolute atomic E-state index is 13.8. The van der Waals surface area contributed by atoms with Crippen molar-refractivity contribution < 1.29 is 19.1 Å². The van der Waals surface area contributed by atoms with Gasteiger partial charge in [0.15, 0.2) is 0 Å². The first-order valence-corrected chi connectivity index (χ1v) is 12.8. The van der Waals surface area contributed by atoms with Crippen LogP contribution in [0.4, 0.5) is 0 Å². The normalized spacial score (nSPS) is 17.3. The maximum atomic E-state index is 13.8. The number of rotatable bonds is 6. The largest absolute Gasteiger partial charge is 0.490 e. The minimum Gasteiger partial charge on any atom is -0.490 e. The quantitative estimate of drug-likeness (QED) is 0.269. The Morgan fingerprint density at radius 1 is 1.11 bits per heavy atom. The number of ether oxygens (including phenoxy) is 1. The summed E-state index contributed by atoms with van der Waals surface area (Å²) in [5.41, 5.74) is 4.66. The van der Waals surface area contributed by atoms with Crippen molar-refractivity contribution in [1.29, 1.82) is 0 Å². The Morgan fingerprint density at radius 3 is 2.73 bits per heavy atom. The molecule has 1 unspecified atom stereocenters. The maximum Gasteiger partial charge on any atom is 0.255 e. The first kappa shape index (κ1) is 23.4. The van der Waals surface area contributed by atoms with E-state index in [0.717, 1.165) is 39.4 Å². The summed E-state index contributed by atoms with van der Waals surface area (Å²) in [6, 6.07) is 23.5. The number of aliphatic hydroxyl groups is 1. The molecule has 6 heteroatoms. The van der Waals surface area contributed by atoms with Gasteiger partial charge in [-0.25, -0.2) is 0 Å². The standard InChI is InChI=1S/C31H30N2O4/c1-19(2)36-28-12-11-21(29-16-20-7-3-6-10-27(20)37-29)15-23(28)30(35)33-31(18-34)14-13-26-24(17-31)22-8-4-5-9-25(22)32-26/h3-12,15-16,19,32,34H,13-14,17-18H2,1-2H3,(H,33,35). The third kappa shape index (κ3) is 4.27. The van der Waals surface area contributed by atoms with Crippen LogP contribution >= 0.6 is 0 Å². The van der Waals surface area contributed by atoms with Crippen molar-refractivity contribution >= 4 is 27.8 Å². The molecular weight excluding hydrogens is 464 g/mol. The van der Waals surface area contributed by atoms with E-state index in [9.17, 15) is 9.90 Å². The Bertz CT molecular complexity index is 1580. The van der Waals surface area contributed by atoms with Crippen LogP contribution in [-0.2, 0) is 12.8 Å². The van der Waals surface area contributed by atoms with Crippen LogP contribution in [0.3, 0.4) is 0 Å². The number of aliphatic hydroxyl groups excluding tert-OH is 1. The van der Waals surface area contributed by atoms with Gasteiger partial charge in [-0.2, -0.15) is 0 Å². The number of aromatic amines is 1. The number of hydrogen-bond acceptors (Lipinski definition) is 4. The van der Waals surface area contributed by atoms with Gasteiger partial charge in [0, 0.05) is 34.0 Å². The lowest BCUT2D eigenvalue weighted by atomic mass is 9.80. The van der Waals surface area contributed by atoms with E-state index in [2.05, 4.69) is 22.4 Å². The Morgan fingerprint density at radius 2 is 1.92 bits per heavy atom. The summed E-state index contributed by atoms with van der Waals surface area (Å²) in [6.45, 7) is 3.72. The zero-order valence-electron chi connectivity index (χ0n) is 21.0. The average Bonchev–Trinajstić information content (AvgIpc) is 3.50. The van der Waals surface area contributed by atoms with Gasteiger partial charge >= 0.3 is 0 Å². The van der Waals surface area contributed by atoms with Crippen molar-refractivity contribution in [3.05, 3.63) is 89.6 Å². The lowest BCUT2D eigenvalue weighted by Gasteiger charge is -2.37. The van der Waals surface area contributed by atoms with Crippen molar-refractivity contribution in [2.45, 2.75) is 44.8 Å². The van der Waals surface area contributed by atoms with Crippen molar-refractivity contribution in [1.82, 2.24) is 10.3 Å². The molecule has 1 aliphatic carbocycles. The molecule has 0 bridgehead atoms. The summed E-state index contributed by atoms with van der Waals surface area (Å²) in [5.74, 6) is 0.916. The van der Waals surface area contributed by atoms with Gasteiger partial charge in [-0.05, 0) is 68.7 Å². The molecule has 6 rings (SSSR count). The number of furan rings is 1. The van der Waals surface area contributed by atoms with Crippen LogP contribution < -0.4 is 10.1 Å². The predicted molar refractivity (Wildman–Crippen MR) is 145 cm³/mol. The van der Waals surface area contributed by atoms with Gasteiger partial charge in [0.2, 0.25) is 0 Å². The molecule has 5 aromatic rings. The fourth-order valence-corrected chi connectivity index (χ4v) is 5.39. The number of aromatic nitrogens is 1. The third-order valence-corrected chi connectivity index (χ3v) is 7.25. The molecular formula is C31H30N2O4. The van der Waals surface area contributed by atoms with Crippen LogP contribution in [0.5, 0.6) is 5.75 Å². The monoisotopic (exact) mass is 494 g/mol. The number of carbonyl (C=O) groups is 1. The minimum atomic E-state index is -0.764. The fourth-order valence-electron chi connectivity index (χ4n) is 5.39. The lowest BCUT2D eigenvalue weighted by Crippen LogP contribution is -2.54. The van der Waals surface area contributed by atoms with Crippen LogP contribution in [0.25, 0.3) is 33.2 Å². The number of H-pyrrole nitrogens is 1. The van der Waals surface area contributed by atoms with Crippen LogP contribution in [-0.4, -0.2) is 34.2 Å². The number of aryl methyl sites for hydroxylation is 1. The number of amides is 1. The molecule has 3 N–H and O–H groups in total. The average molecular weight is 495 g/mol. The van der Waals surface area contributed by atoms with Crippen LogP contribution in [0.15, 0.2) is 77.2 Å². The first-order valence-electron chi connectivity index (χ1n) is 12.8. The predicted octanol–water partition coefficient (Wildman–Crippen LogP) is 6.02. The molecule has 2 aromatic heterocycles. The smallest absolute Gasteiger partial charge is 0.255 e. The molecule has 0 saturated carbocycles. The molecule has 37 heavy (non-hydrogen) atoms. The Kier molecular flexibility index (Phi) is 5.76. The van der Waals surface area contributed by atoms with Crippen LogP contribution in [0.2, 0.25) is 0 Å². The second-order valence-corrected chi connectivity index (χ2v) is 10.2. The molecule has 0 radical (unpaired) electrons. The van der Waals surface area contributed by atoms with Gasteiger partial charge in [0.1, 0.15) is 17.1 Å². The number of para-hydroxylation sites is 2. The zero-order valence-corrected chi connectivity index (χ0v) is 21.0. The molecule has 3 aromatic carbocycles. The zero-order chi connectivity index (χ0) is 25.6. The Balaban J connectivity index is 1.35. The van der Waals surface area contributed by atoms with E-state index in [1.165, 1.54) is 5.69 Å². The van der Waals surface area contributed by atoms with Gasteiger partial charge in [-0.3, -0.25) is 4.79 Å². The molecule has 188 valence electrons. The molecule has 0 aliphatic heterocycles. The summed E-state index contributed by atoms with van der Waals surface area (Å²) in [4.78, 5) is 17.3. The number of fused-ring (bicyclic) bond motifs is 4. The van der Waals surface area contributed by atoms with Crippen molar-refractivity contribution in [3.8, 4) is 17.1 Å². The highest BCUT2D eigenvalue weighted by Crippen LogP contribution is 2.35. The molecule has 6 nitrogen and oxygen atoms in total. The molecule has 0 fully saturated rings. The SMILES string of the molecule is CC(C)Oc1ccc(-c2cc3ccccc3o2)cc1C(=O)NC1(CO)CCc2[nH]c3ccccc3c2C1. The summed E-state index contributed by atoms with van der Waals surface area (Å²) in [5, 5.41) is 15.9. The molecule has 0 saturated heterocycles. The molecule has 1 atom stereocenters. The molecule has 0 spiro atoms. The second-order valence-electron chi connectivity index (χ2n) is 10.2. The molecule has 1 amide bonds. The molecule has 1 aliphatic rings. The fraction of sp³-hybridized carbons (Fsp3) is 0.258. The Labute approximate surface area is 215 Å². The van der Waals surface area contributed by atoms with Gasteiger partial charge in [-0.1, -0.05) is 36.4 Å². The van der Waals surface area contributed by atoms with Gasteiger partial charge in [0.25, 0.3) is 5.91 Å². The van der Waals surface area contributed by atoms with E-state index in [1.54, 1.807) is 0 Å². The summed E-state index contributed by atoms with van der Waals surface area (Å²) in [7, 11) is 0. The van der Waals surface area contributed by atoms with Crippen molar-refractivity contribution in [3.63, 3.8) is 0 Å². The van der Waals surface area contributed by atoms with Crippen molar-refractivity contribution in [2.24, 2.45) is 0 Å². The van der Waals surface area contributed by atoms with Gasteiger partial charge in [-0.15, -0.1) is 0 Å². The van der Waals surface area contributed by atoms with Gasteiger partial charge < -0.3 is 24.6 Å². The third-order valence-electron chi connectivity index (χ3n) is 7.25. The van der Waals surface area contributed by atoms with E-state index in [1.807, 2.05) is 74.5 Å². The highest BCUT2D eigenvalue weighted by molar-refractivity contribution is 5.99. The van der Waals surface area contributed by atoms with E-state index in [-0.39, 0.29) is 18.6 Å². The first-order chi connectivity index (χ1) is 17.9. The van der Waals surface area contributed by atoms with Crippen molar-refractivity contribution in [2.75, 3.05) is 6.61 Å². The lowest BCUT2D eigenvalue weighted by molar-refractivity contribution is 0.0803. The summed E-state index contributed by atoms with van der Waals surface area (Å²) >= 11 is 0. The topological polar surface area (TPSA) is 87.5 Å². The highest BCUT2D eigenvalue weighted by atomic mass is 16.5. The highest BCUT2D eigenvalue weighted by Gasteiger charge is 2.37. The Hall–Kier alpha value is -4.03. The minimum absolute atomic E-state index is 0.0983. The van der Waals surface area contributed by atoms with E-state index < -0.39 is 5.54 Å². The number of hydrogen-bond donors (Lipinski definition) is 3. The number of nitrogens with one attached hydrogen (secondary N) is 2. The number of benzene rings is 3. The van der Waals surface area contributed by atoms with Crippen LogP contribution in [0.1, 0.15) is 41.9 Å². The van der Waals surface area contributed by atoms with E-state index in [4.69, 9.17) is 9.15 Å². The van der Waals surface area contributed by atoms with Crippen LogP contribution in [0, 0.1) is 0 Å². The summed E-state index contributed by atoms with van der Waals surface area (Å²) < 4.78 is 12.1. The van der Waals surface area contributed by atoms with Gasteiger partial charge in [0.05, 0.1) is 23.8 Å². The second kappa shape index (κ2) is 9.12. The van der Waals surface area contributed by atoms with E-state index >= 15 is 0 Å². The summed E-state index contributed by atoms with van der Waals surface area (Å²) in [6.07, 6.45) is 1.84.